The first kappa shape index (κ1) is 8.85. The highest BCUT2D eigenvalue weighted by molar-refractivity contribution is 5.78. The first-order valence-corrected chi connectivity index (χ1v) is 5.18. The molecule has 0 aromatic rings. The second-order valence-electron chi connectivity index (χ2n) is 4.78. The maximum Gasteiger partial charge on any atom is 0.318 e. The molecule has 74 valence electrons. The van der Waals surface area contributed by atoms with E-state index in [2.05, 4.69) is 24.1 Å². The Morgan fingerprint density at radius 1 is 1.38 bits per heavy atom. The van der Waals surface area contributed by atoms with Crippen LogP contribution in [0.15, 0.2) is 0 Å². The van der Waals surface area contributed by atoms with Gasteiger partial charge >= 0.3 is 6.03 Å². The first-order chi connectivity index (χ1) is 6.11. The van der Waals surface area contributed by atoms with Gasteiger partial charge < -0.3 is 10.2 Å². The summed E-state index contributed by atoms with van der Waals surface area (Å²) in [6, 6.07) is 0.634. The standard InChI is InChI=1S/C10H18N2O/c1-10(2)7-11-9(13)12(10)8-5-3-4-6-8/h8H,3-7H2,1-2H3,(H,11,13). The van der Waals surface area contributed by atoms with Crippen molar-refractivity contribution in [1.82, 2.24) is 10.2 Å². The van der Waals surface area contributed by atoms with Gasteiger partial charge in [-0.15, -0.1) is 0 Å². The summed E-state index contributed by atoms with van der Waals surface area (Å²) in [5.41, 5.74) is 0.0199. The number of nitrogens with one attached hydrogen (secondary N) is 1. The van der Waals surface area contributed by atoms with E-state index in [9.17, 15) is 4.79 Å². The van der Waals surface area contributed by atoms with Crippen LogP contribution in [-0.2, 0) is 0 Å². The van der Waals surface area contributed by atoms with Gasteiger partial charge in [0.2, 0.25) is 0 Å². The molecule has 0 aromatic heterocycles. The largest absolute Gasteiger partial charge is 0.336 e. The zero-order valence-electron chi connectivity index (χ0n) is 8.47. The zero-order chi connectivity index (χ0) is 9.47. The van der Waals surface area contributed by atoms with E-state index in [0.717, 1.165) is 6.54 Å². The molecule has 0 bridgehead atoms. The number of carbonyl (C=O) groups is 1. The molecule has 0 spiro atoms. The minimum absolute atomic E-state index is 0.0199. The van der Waals surface area contributed by atoms with Crippen LogP contribution < -0.4 is 5.32 Å². The zero-order valence-corrected chi connectivity index (χ0v) is 8.47. The van der Waals surface area contributed by atoms with Gasteiger partial charge in [-0.2, -0.15) is 0 Å². The van der Waals surface area contributed by atoms with Crippen LogP contribution in [0.5, 0.6) is 0 Å². The molecule has 0 unspecified atom stereocenters. The van der Waals surface area contributed by atoms with E-state index in [4.69, 9.17) is 0 Å². The summed E-state index contributed by atoms with van der Waals surface area (Å²) in [6.07, 6.45) is 4.95. The molecule has 0 radical (unpaired) electrons. The highest BCUT2D eigenvalue weighted by Gasteiger charge is 2.42. The fourth-order valence-corrected chi connectivity index (χ4v) is 2.56. The Morgan fingerprint density at radius 3 is 2.46 bits per heavy atom. The second kappa shape index (κ2) is 2.89. The Morgan fingerprint density at radius 2 is 2.00 bits per heavy atom. The number of urea groups is 1. The number of rotatable bonds is 1. The van der Waals surface area contributed by atoms with Gasteiger partial charge in [0.1, 0.15) is 0 Å². The topological polar surface area (TPSA) is 32.3 Å². The van der Waals surface area contributed by atoms with Crippen LogP contribution in [0.3, 0.4) is 0 Å². The van der Waals surface area contributed by atoms with Crippen LogP contribution in [-0.4, -0.2) is 29.1 Å². The van der Waals surface area contributed by atoms with Crippen LogP contribution >= 0.6 is 0 Å². The Kier molecular flexibility index (Phi) is 1.97. The second-order valence-corrected chi connectivity index (χ2v) is 4.78. The third-order valence-electron chi connectivity index (χ3n) is 3.23. The number of amides is 2. The average molecular weight is 182 g/mol. The summed E-state index contributed by atoms with van der Waals surface area (Å²) >= 11 is 0. The molecule has 1 aliphatic carbocycles. The van der Waals surface area contributed by atoms with Crippen molar-refractivity contribution in [3.63, 3.8) is 0 Å². The third kappa shape index (κ3) is 1.40. The average Bonchev–Trinajstić information content (AvgIpc) is 2.60. The van der Waals surface area contributed by atoms with E-state index in [1.165, 1.54) is 25.7 Å². The maximum atomic E-state index is 11.6. The molecule has 2 fully saturated rings. The molecule has 2 aliphatic rings. The molecule has 2 amide bonds. The first-order valence-electron chi connectivity index (χ1n) is 5.18. The molecule has 0 atom stereocenters. The van der Waals surface area contributed by atoms with E-state index in [-0.39, 0.29) is 11.6 Å². The highest BCUT2D eigenvalue weighted by Crippen LogP contribution is 2.31. The van der Waals surface area contributed by atoms with E-state index in [1.54, 1.807) is 0 Å². The van der Waals surface area contributed by atoms with E-state index >= 15 is 0 Å². The lowest BCUT2D eigenvalue weighted by Gasteiger charge is -2.34. The molecule has 1 saturated carbocycles. The summed E-state index contributed by atoms with van der Waals surface area (Å²) in [7, 11) is 0. The van der Waals surface area contributed by atoms with Crippen molar-refractivity contribution in [2.24, 2.45) is 0 Å². The van der Waals surface area contributed by atoms with Crippen LogP contribution in [0.4, 0.5) is 4.79 Å². The number of carbonyl (C=O) groups excluding carboxylic acids is 1. The lowest BCUT2D eigenvalue weighted by molar-refractivity contribution is 0.140. The fraction of sp³-hybridized carbons (Fsp3) is 0.900. The van der Waals surface area contributed by atoms with Crippen molar-refractivity contribution in [2.75, 3.05) is 6.54 Å². The van der Waals surface area contributed by atoms with Crippen molar-refractivity contribution < 1.29 is 4.79 Å². The van der Waals surface area contributed by atoms with Crippen LogP contribution in [0, 0.1) is 0 Å². The van der Waals surface area contributed by atoms with Gasteiger partial charge in [0, 0.05) is 12.6 Å². The molecule has 0 aromatic carbocycles. The van der Waals surface area contributed by atoms with Gasteiger partial charge in [-0.25, -0.2) is 4.79 Å². The van der Waals surface area contributed by atoms with Gasteiger partial charge in [-0.3, -0.25) is 0 Å². The van der Waals surface area contributed by atoms with Gasteiger partial charge in [0.15, 0.2) is 0 Å². The SMILES string of the molecule is CC1(C)CNC(=O)N1C1CCCC1. The molecule has 3 nitrogen and oxygen atoms in total. The quantitative estimate of drug-likeness (QED) is 0.658. The maximum absolute atomic E-state index is 11.6. The van der Waals surface area contributed by atoms with E-state index in [1.807, 2.05) is 0 Å². The van der Waals surface area contributed by atoms with Gasteiger partial charge in [0.05, 0.1) is 5.54 Å². The Hall–Kier alpha value is -0.730. The Bertz CT molecular complexity index is 219. The van der Waals surface area contributed by atoms with Gasteiger partial charge in [0.25, 0.3) is 0 Å². The monoisotopic (exact) mass is 182 g/mol. The Labute approximate surface area is 79.5 Å². The summed E-state index contributed by atoms with van der Waals surface area (Å²) in [6.45, 7) is 5.08. The number of hydrogen-bond acceptors (Lipinski definition) is 1. The summed E-state index contributed by atoms with van der Waals surface area (Å²) in [5.74, 6) is 0. The van der Waals surface area contributed by atoms with Crippen LogP contribution in [0.25, 0.3) is 0 Å². The van der Waals surface area contributed by atoms with Crippen LogP contribution in [0.1, 0.15) is 39.5 Å². The lowest BCUT2D eigenvalue weighted by atomic mass is 10.0. The van der Waals surface area contributed by atoms with Gasteiger partial charge in [-0.1, -0.05) is 12.8 Å². The minimum Gasteiger partial charge on any atom is -0.336 e. The third-order valence-corrected chi connectivity index (χ3v) is 3.23. The molecule has 13 heavy (non-hydrogen) atoms. The fourth-order valence-electron chi connectivity index (χ4n) is 2.56. The molecule has 1 N–H and O–H groups in total. The number of hydrogen-bond donors (Lipinski definition) is 1. The molecule has 3 heteroatoms. The number of nitrogens with zero attached hydrogens (tertiary/aromatic N) is 1. The molecule has 1 aliphatic heterocycles. The smallest absolute Gasteiger partial charge is 0.318 e. The normalized spacial score (nSPS) is 28.2. The predicted octanol–water partition coefficient (Wildman–Crippen LogP) is 1.73. The van der Waals surface area contributed by atoms with Crippen molar-refractivity contribution in [1.29, 1.82) is 0 Å². The van der Waals surface area contributed by atoms with Gasteiger partial charge in [-0.05, 0) is 26.7 Å². The molecule has 1 saturated heterocycles. The van der Waals surface area contributed by atoms with E-state index in [0.29, 0.717) is 6.04 Å². The van der Waals surface area contributed by atoms with Crippen molar-refractivity contribution in [3.05, 3.63) is 0 Å². The van der Waals surface area contributed by atoms with E-state index < -0.39 is 0 Å². The van der Waals surface area contributed by atoms with Crippen molar-refractivity contribution in [3.8, 4) is 0 Å². The molecular weight excluding hydrogens is 164 g/mol. The Balaban J connectivity index is 2.14. The van der Waals surface area contributed by atoms with Crippen molar-refractivity contribution >= 4 is 6.03 Å². The summed E-state index contributed by atoms with van der Waals surface area (Å²) < 4.78 is 0. The molecular formula is C10H18N2O. The summed E-state index contributed by atoms with van der Waals surface area (Å²) in [5, 5.41) is 2.92. The van der Waals surface area contributed by atoms with Crippen LogP contribution in [0.2, 0.25) is 0 Å². The van der Waals surface area contributed by atoms with Crippen molar-refractivity contribution in [2.45, 2.75) is 51.1 Å². The molecule has 1 heterocycles. The summed E-state index contributed by atoms with van der Waals surface area (Å²) in [4.78, 5) is 13.6. The minimum atomic E-state index is 0.0199. The highest BCUT2D eigenvalue weighted by atomic mass is 16.2. The predicted molar refractivity (Wildman–Crippen MR) is 51.6 cm³/mol. The molecule has 2 rings (SSSR count). The lowest BCUT2D eigenvalue weighted by Crippen LogP contribution is -2.47.